The summed E-state index contributed by atoms with van der Waals surface area (Å²) in [6.45, 7) is 0.779. The first-order valence-corrected chi connectivity index (χ1v) is 11.1. The molecule has 3 aromatic carbocycles. The van der Waals surface area contributed by atoms with E-state index in [4.69, 9.17) is 19.6 Å². The fourth-order valence-electron chi connectivity index (χ4n) is 3.85. The average molecular weight is 452 g/mol. The van der Waals surface area contributed by atoms with Crippen LogP contribution in [-0.2, 0) is 26.9 Å². The molecule has 0 bridgehead atoms. The lowest BCUT2D eigenvalue weighted by molar-refractivity contribution is 0.268. The maximum atomic E-state index is 9.52. The highest BCUT2D eigenvalue weighted by molar-refractivity contribution is 5.94. The SMILES string of the molecule is Cn1nc(-c2ccc(OCc3ccccc3)nc2OCc2ccccc2)c2ccc(CO)cc21. The molecule has 0 fully saturated rings. The third-order valence-corrected chi connectivity index (χ3v) is 5.64. The molecule has 6 heteroatoms. The number of aryl methyl sites for hydroxylation is 1. The van der Waals surface area contributed by atoms with E-state index in [9.17, 15) is 5.11 Å². The van der Waals surface area contributed by atoms with Crippen molar-refractivity contribution >= 4 is 10.9 Å². The monoisotopic (exact) mass is 451 g/mol. The summed E-state index contributed by atoms with van der Waals surface area (Å²) >= 11 is 0. The first-order valence-electron chi connectivity index (χ1n) is 11.1. The predicted octanol–water partition coefficient (Wildman–Crippen LogP) is 5.29. The molecule has 0 atom stereocenters. The average Bonchev–Trinajstić information content (AvgIpc) is 3.22. The summed E-state index contributed by atoms with van der Waals surface area (Å²) in [4.78, 5) is 4.70. The van der Waals surface area contributed by atoms with E-state index in [1.54, 1.807) is 0 Å². The molecule has 0 aliphatic carbocycles. The molecule has 0 saturated heterocycles. The lowest BCUT2D eigenvalue weighted by atomic mass is 10.1. The quantitative estimate of drug-likeness (QED) is 0.347. The van der Waals surface area contributed by atoms with Gasteiger partial charge in [-0.15, -0.1) is 0 Å². The molecular formula is C28H25N3O3. The Kier molecular flexibility index (Phi) is 6.23. The molecular weight excluding hydrogens is 426 g/mol. The van der Waals surface area contributed by atoms with Crippen LogP contribution in [0.15, 0.2) is 91.0 Å². The molecule has 0 unspecified atom stereocenters. The second-order valence-electron chi connectivity index (χ2n) is 8.03. The molecule has 6 nitrogen and oxygen atoms in total. The summed E-state index contributed by atoms with van der Waals surface area (Å²) in [6, 6.07) is 29.6. The van der Waals surface area contributed by atoms with Crippen LogP contribution in [0.25, 0.3) is 22.2 Å². The largest absolute Gasteiger partial charge is 0.473 e. The topological polar surface area (TPSA) is 69.4 Å². The Bertz CT molecular complexity index is 1400. The van der Waals surface area contributed by atoms with Crippen molar-refractivity contribution in [1.29, 1.82) is 0 Å². The van der Waals surface area contributed by atoms with Gasteiger partial charge >= 0.3 is 0 Å². The van der Waals surface area contributed by atoms with E-state index in [0.717, 1.165) is 38.9 Å². The van der Waals surface area contributed by atoms with Crippen LogP contribution in [0, 0.1) is 0 Å². The minimum Gasteiger partial charge on any atom is -0.473 e. The number of pyridine rings is 1. The summed E-state index contributed by atoms with van der Waals surface area (Å²) < 4.78 is 14.0. The number of hydrogen-bond donors (Lipinski definition) is 1. The number of aliphatic hydroxyl groups excluding tert-OH is 1. The van der Waals surface area contributed by atoms with E-state index >= 15 is 0 Å². The van der Waals surface area contributed by atoms with Crippen molar-refractivity contribution in [1.82, 2.24) is 14.8 Å². The number of benzene rings is 3. The second-order valence-corrected chi connectivity index (χ2v) is 8.03. The zero-order valence-corrected chi connectivity index (χ0v) is 18.9. The minimum atomic E-state index is -0.0170. The highest BCUT2D eigenvalue weighted by atomic mass is 16.5. The summed E-state index contributed by atoms with van der Waals surface area (Å²) in [6.07, 6.45) is 0. The number of fused-ring (bicyclic) bond motifs is 1. The zero-order chi connectivity index (χ0) is 23.3. The van der Waals surface area contributed by atoms with E-state index in [0.29, 0.717) is 25.0 Å². The molecule has 0 radical (unpaired) electrons. The number of rotatable bonds is 8. The van der Waals surface area contributed by atoms with Crippen LogP contribution in [0.3, 0.4) is 0 Å². The highest BCUT2D eigenvalue weighted by Crippen LogP contribution is 2.35. The Morgan fingerprint density at radius 2 is 1.44 bits per heavy atom. The lowest BCUT2D eigenvalue weighted by Gasteiger charge is -2.12. The number of ether oxygens (including phenoxy) is 2. The van der Waals surface area contributed by atoms with Crippen molar-refractivity contribution in [2.75, 3.05) is 0 Å². The van der Waals surface area contributed by atoms with Gasteiger partial charge in [0, 0.05) is 18.5 Å². The zero-order valence-electron chi connectivity index (χ0n) is 18.9. The summed E-state index contributed by atoms with van der Waals surface area (Å²) in [5.74, 6) is 0.944. The first-order chi connectivity index (χ1) is 16.7. The Labute approximate surface area is 198 Å². The summed E-state index contributed by atoms with van der Waals surface area (Å²) in [5, 5.41) is 15.2. The molecule has 0 saturated carbocycles. The van der Waals surface area contributed by atoms with Crippen molar-refractivity contribution in [2.45, 2.75) is 19.8 Å². The summed E-state index contributed by atoms with van der Waals surface area (Å²) in [7, 11) is 1.89. The Morgan fingerprint density at radius 1 is 0.765 bits per heavy atom. The van der Waals surface area contributed by atoms with Gasteiger partial charge in [0.25, 0.3) is 0 Å². The third-order valence-electron chi connectivity index (χ3n) is 5.64. The second kappa shape index (κ2) is 9.77. The van der Waals surface area contributed by atoms with Gasteiger partial charge in [0.2, 0.25) is 11.8 Å². The van der Waals surface area contributed by atoms with Crippen LogP contribution >= 0.6 is 0 Å². The number of nitrogens with zero attached hydrogens (tertiary/aromatic N) is 3. The molecule has 1 N–H and O–H groups in total. The van der Waals surface area contributed by atoms with Crippen molar-refractivity contribution in [3.8, 4) is 23.0 Å². The predicted molar refractivity (Wildman–Crippen MR) is 131 cm³/mol. The van der Waals surface area contributed by atoms with Crippen LogP contribution in [-0.4, -0.2) is 19.9 Å². The Balaban J connectivity index is 1.51. The van der Waals surface area contributed by atoms with Crippen LogP contribution in [0.4, 0.5) is 0 Å². The fraction of sp³-hybridized carbons (Fsp3) is 0.143. The molecule has 170 valence electrons. The van der Waals surface area contributed by atoms with E-state index < -0.39 is 0 Å². The Hall–Kier alpha value is -4.16. The van der Waals surface area contributed by atoms with Gasteiger partial charge in [0.15, 0.2) is 0 Å². The van der Waals surface area contributed by atoms with Gasteiger partial charge in [-0.25, -0.2) is 0 Å². The van der Waals surface area contributed by atoms with Gasteiger partial charge < -0.3 is 14.6 Å². The van der Waals surface area contributed by atoms with E-state index in [2.05, 4.69) is 0 Å². The maximum absolute atomic E-state index is 9.52. The fourth-order valence-corrected chi connectivity index (χ4v) is 3.85. The highest BCUT2D eigenvalue weighted by Gasteiger charge is 2.18. The summed E-state index contributed by atoms with van der Waals surface area (Å²) in [5.41, 5.74) is 5.43. The number of hydrogen-bond acceptors (Lipinski definition) is 5. The van der Waals surface area contributed by atoms with Crippen LogP contribution in [0.2, 0.25) is 0 Å². The van der Waals surface area contributed by atoms with Gasteiger partial charge in [-0.3, -0.25) is 4.68 Å². The van der Waals surface area contributed by atoms with Gasteiger partial charge in [0.05, 0.1) is 17.7 Å². The Morgan fingerprint density at radius 3 is 2.12 bits per heavy atom. The standard InChI is InChI=1S/C28H25N3O3/c1-31-25-16-22(17-32)12-13-23(25)27(30-31)24-14-15-26(33-18-20-8-4-2-5-9-20)29-28(24)34-19-21-10-6-3-7-11-21/h2-16,32H,17-19H2,1H3. The van der Waals surface area contributed by atoms with E-state index in [-0.39, 0.29) is 6.61 Å². The van der Waals surface area contributed by atoms with Gasteiger partial charge in [-0.05, 0) is 28.8 Å². The molecule has 5 aromatic rings. The van der Waals surface area contributed by atoms with Crippen LogP contribution in [0.5, 0.6) is 11.8 Å². The third kappa shape index (κ3) is 4.63. The lowest BCUT2D eigenvalue weighted by Crippen LogP contribution is -2.02. The molecule has 0 aliphatic heterocycles. The van der Waals surface area contributed by atoms with Crippen LogP contribution < -0.4 is 9.47 Å². The molecule has 0 spiro atoms. The number of aromatic nitrogens is 3. The molecule has 5 rings (SSSR count). The molecule has 34 heavy (non-hydrogen) atoms. The molecule has 2 aromatic heterocycles. The molecule has 0 amide bonds. The van der Waals surface area contributed by atoms with Crippen LogP contribution in [0.1, 0.15) is 16.7 Å². The maximum Gasteiger partial charge on any atom is 0.226 e. The van der Waals surface area contributed by atoms with Crippen molar-refractivity contribution in [3.05, 3.63) is 108 Å². The van der Waals surface area contributed by atoms with Gasteiger partial charge in [-0.1, -0.05) is 72.8 Å². The van der Waals surface area contributed by atoms with Crippen molar-refractivity contribution < 1.29 is 14.6 Å². The van der Waals surface area contributed by atoms with Crippen molar-refractivity contribution in [2.24, 2.45) is 7.05 Å². The van der Waals surface area contributed by atoms with Crippen molar-refractivity contribution in [3.63, 3.8) is 0 Å². The molecule has 0 aliphatic rings. The van der Waals surface area contributed by atoms with E-state index in [1.807, 2.05) is 103 Å². The number of aliphatic hydroxyl groups is 1. The first kappa shape index (κ1) is 21.7. The van der Waals surface area contributed by atoms with Gasteiger partial charge in [-0.2, -0.15) is 10.1 Å². The normalized spacial score (nSPS) is 11.0. The smallest absolute Gasteiger partial charge is 0.226 e. The van der Waals surface area contributed by atoms with E-state index in [1.165, 1.54) is 0 Å². The minimum absolute atomic E-state index is 0.0170. The van der Waals surface area contributed by atoms with Gasteiger partial charge in [0.1, 0.15) is 18.9 Å². The molecule has 2 heterocycles.